The number of amides is 1. The number of hydrogen-bond acceptors (Lipinski definition) is 6. The van der Waals surface area contributed by atoms with Crippen molar-refractivity contribution in [2.45, 2.75) is 12.8 Å². The molecule has 0 unspecified atom stereocenters. The number of carbonyl (C=O) groups is 2. The number of azo groups is 1. The lowest BCUT2D eigenvalue weighted by Gasteiger charge is -2.09. The van der Waals surface area contributed by atoms with E-state index in [4.69, 9.17) is 9.47 Å². The lowest BCUT2D eigenvalue weighted by molar-refractivity contribution is -0.147. The summed E-state index contributed by atoms with van der Waals surface area (Å²) in [5.41, 5.74) is 2.90. The smallest absolute Gasteiger partial charge is 0.306 e. The van der Waals surface area contributed by atoms with Gasteiger partial charge in [0.2, 0.25) is 0 Å². The van der Waals surface area contributed by atoms with Gasteiger partial charge in [-0.1, -0.05) is 36.4 Å². The fourth-order valence-electron chi connectivity index (χ4n) is 2.78. The number of methoxy groups -OCH3 is 1. The minimum absolute atomic E-state index is 0.161. The van der Waals surface area contributed by atoms with Gasteiger partial charge in [0.1, 0.15) is 5.75 Å². The normalized spacial score (nSPS) is 10.6. The van der Waals surface area contributed by atoms with Crippen molar-refractivity contribution in [2.24, 2.45) is 10.2 Å². The molecule has 0 saturated heterocycles. The van der Waals surface area contributed by atoms with Crippen molar-refractivity contribution in [3.05, 3.63) is 84.4 Å². The quantitative estimate of drug-likeness (QED) is 0.382. The average molecular weight is 417 g/mol. The van der Waals surface area contributed by atoms with Crippen molar-refractivity contribution < 1.29 is 19.1 Å². The molecule has 7 heteroatoms. The zero-order valence-corrected chi connectivity index (χ0v) is 17.2. The van der Waals surface area contributed by atoms with Gasteiger partial charge in [0.15, 0.2) is 6.61 Å². The van der Waals surface area contributed by atoms with Crippen LogP contribution in [0.5, 0.6) is 5.75 Å². The molecule has 0 fully saturated rings. The molecule has 0 saturated carbocycles. The van der Waals surface area contributed by atoms with Crippen LogP contribution in [-0.4, -0.2) is 25.6 Å². The van der Waals surface area contributed by atoms with Gasteiger partial charge in [-0.05, 0) is 54.4 Å². The highest BCUT2D eigenvalue weighted by molar-refractivity contribution is 5.92. The van der Waals surface area contributed by atoms with Gasteiger partial charge in [-0.25, -0.2) is 0 Å². The van der Waals surface area contributed by atoms with Crippen LogP contribution in [0.25, 0.3) is 0 Å². The van der Waals surface area contributed by atoms with Crippen molar-refractivity contribution in [3.8, 4) is 5.75 Å². The van der Waals surface area contributed by atoms with Crippen LogP contribution in [-0.2, 0) is 20.7 Å². The minimum Gasteiger partial charge on any atom is -0.496 e. The van der Waals surface area contributed by atoms with Crippen LogP contribution in [0.15, 0.2) is 89.1 Å². The first kappa shape index (κ1) is 21.7. The number of anilines is 1. The highest BCUT2D eigenvalue weighted by Crippen LogP contribution is 2.20. The summed E-state index contributed by atoms with van der Waals surface area (Å²) < 4.78 is 10.3. The maximum Gasteiger partial charge on any atom is 0.306 e. The molecule has 3 aromatic rings. The number of carbonyl (C=O) groups excluding carboxylic acids is 2. The molecule has 0 bridgehead atoms. The zero-order chi connectivity index (χ0) is 21.9. The third-order valence-corrected chi connectivity index (χ3v) is 4.34. The number of rotatable bonds is 9. The van der Waals surface area contributed by atoms with E-state index in [1.54, 1.807) is 31.4 Å². The Labute approximate surface area is 180 Å². The van der Waals surface area contributed by atoms with Crippen molar-refractivity contribution in [1.29, 1.82) is 0 Å². The van der Waals surface area contributed by atoms with E-state index in [0.717, 1.165) is 17.0 Å². The Morgan fingerprint density at radius 1 is 0.839 bits per heavy atom. The number of para-hydroxylation sites is 1. The Morgan fingerprint density at radius 3 is 2.19 bits per heavy atom. The molecule has 0 heterocycles. The molecule has 158 valence electrons. The van der Waals surface area contributed by atoms with Gasteiger partial charge in [0.05, 0.1) is 18.5 Å². The number of nitrogens with one attached hydrogen (secondary N) is 1. The highest BCUT2D eigenvalue weighted by atomic mass is 16.5. The fourth-order valence-corrected chi connectivity index (χ4v) is 2.78. The van der Waals surface area contributed by atoms with Gasteiger partial charge in [-0.15, -0.1) is 0 Å². The van der Waals surface area contributed by atoms with E-state index < -0.39 is 11.9 Å². The van der Waals surface area contributed by atoms with Crippen LogP contribution < -0.4 is 10.1 Å². The predicted octanol–water partition coefficient (Wildman–Crippen LogP) is 5.23. The number of nitrogens with zero attached hydrogens (tertiary/aromatic N) is 2. The van der Waals surface area contributed by atoms with Gasteiger partial charge in [0, 0.05) is 12.1 Å². The maximum atomic E-state index is 12.0. The lowest BCUT2D eigenvalue weighted by atomic mass is 10.1. The SMILES string of the molecule is COc1ccccc1CCC(=O)OCC(=O)Nc1ccc(N=Nc2ccccc2)cc1. The second-order valence-electron chi connectivity index (χ2n) is 6.60. The van der Waals surface area contributed by atoms with Gasteiger partial charge < -0.3 is 14.8 Å². The van der Waals surface area contributed by atoms with Crippen LogP contribution >= 0.6 is 0 Å². The molecule has 0 spiro atoms. The van der Waals surface area contributed by atoms with E-state index in [9.17, 15) is 9.59 Å². The van der Waals surface area contributed by atoms with E-state index in [-0.39, 0.29) is 13.0 Å². The Balaban J connectivity index is 1.42. The monoisotopic (exact) mass is 417 g/mol. The highest BCUT2D eigenvalue weighted by Gasteiger charge is 2.10. The van der Waals surface area contributed by atoms with E-state index >= 15 is 0 Å². The first-order chi connectivity index (χ1) is 15.1. The molecule has 31 heavy (non-hydrogen) atoms. The first-order valence-electron chi connectivity index (χ1n) is 9.78. The summed E-state index contributed by atoms with van der Waals surface area (Å²) in [6, 6.07) is 23.8. The second-order valence-corrected chi connectivity index (χ2v) is 6.60. The Bertz CT molecular complexity index is 1030. The number of ether oxygens (including phenoxy) is 2. The van der Waals surface area contributed by atoms with Crippen LogP contribution in [0.4, 0.5) is 17.1 Å². The zero-order valence-electron chi connectivity index (χ0n) is 17.2. The van der Waals surface area contributed by atoms with E-state index in [1.165, 1.54) is 0 Å². The number of benzene rings is 3. The summed E-state index contributed by atoms with van der Waals surface area (Å²) in [4.78, 5) is 24.0. The largest absolute Gasteiger partial charge is 0.496 e. The van der Waals surface area contributed by atoms with Crippen LogP contribution in [0, 0.1) is 0 Å². The molecular weight excluding hydrogens is 394 g/mol. The lowest BCUT2D eigenvalue weighted by Crippen LogP contribution is -2.21. The van der Waals surface area contributed by atoms with Gasteiger partial charge in [0.25, 0.3) is 5.91 Å². The van der Waals surface area contributed by atoms with Crippen LogP contribution in [0.2, 0.25) is 0 Å². The average Bonchev–Trinajstić information content (AvgIpc) is 2.82. The van der Waals surface area contributed by atoms with Gasteiger partial charge in [-0.3, -0.25) is 9.59 Å². The molecule has 0 aliphatic carbocycles. The summed E-state index contributed by atoms with van der Waals surface area (Å²) in [5, 5.41) is 11.0. The van der Waals surface area contributed by atoms with Crippen molar-refractivity contribution in [2.75, 3.05) is 19.0 Å². The summed E-state index contributed by atoms with van der Waals surface area (Å²) in [7, 11) is 1.58. The van der Waals surface area contributed by atoms with E-state index in [2.05, 4.69) is 15.5 Å². The fraction of sp³-hybridized carbons (Fsp3) is 0.167. The van der Waals surface area contributed by atoms with E-state index in [1.807, 2.05) is 54.6 Å². The van der Waals surface area contributed by atoms with Crippen LogP contribution in [0.3, 0.4) is 0 Å². The topological polar surface area (TPSA) is 89.3 Å². The molecule has 0 aromatic heterocycles. The van der Waals surface area contributed by atoms with Gasteiger partial charge in [-0.2, -0.15) is 10.2 Å². The third-order valence-electron chi connectivity index (χ3n) is 4.34. The minimum atomic E-state index is -0.447. The Hall–Kier alpha value is -4.00. The molecular formula is C24H23N3O4. The molecule has 7 nitrogen and oxygen atoms in total. The molecule has 0 atom stereocenters. The van der Waals surface area contributed by atoms with E-state index in [0.29, 0.717) is 17.8 Å². The standard InChI is InChI=1S/C24H23N3O4/c1-30-22-10-6-5-7-18(22)11-16-24(29)31-17-23(28)25-19-12-14-21(15-13-19)27-26-20-8-3-2-4-9-20/h2-10,12-15H,11,16-17H2,1H3,(H,25,28). The number of esters is 1. The molecule has 3 rings (SSSR count). The third kappa shape index (κ3) is 7.08. The van der Waals surface area contributed by atoms with Crippen molar-refractivity contribution in [3.63, 3.8) is 0 Å². The molecule has 0 aliphatic heterocycles. The first-order valence-corrected chi connectivity index (χ1v) is 9.78. The Kier molecular flexibility index (Phi) is 7.88. The van der Waals surface area contributed by atoms with Crippen molar-refractivity contribution >= 4 is 28.9 Å². The molecule has 0 aliphatic rings. The molecule has 3 aromatic carbocycles. The van der Waals surface area contributed by atoms with Gasteiger partial charge >= 0.3 is 5.97 Å². The molecule has 1 N–H and O–H groups in total. The summed E-state index contributed by atoms with van der Waals surface area (Å²) in [5.74, 6) is -0.137. The predicted molar refractivity (Wildman–Crippen MR) is 118 cm³/mol. The Morgan fingerprint density at radius 2 is 1.48 bits per heavy atom. The maximum absolute atomic E-state index is 12.0. The summed E-state index contributed by atoms with van der Waals surface area (Å²) in [6.07, 6.45) is 0.637. The second kappa shape index (κ2) is 11.3. The van der Waals surface area contributed by atoms with Crippen LogP contribution in [0.1, 0.15) is 12.0 Å². The number of aryl methyl sites for hydroxylation is 1. The summed E-state index contributed by atoms with van der Waals surface area (Å²) in [6.45, 7) is -0.347. The summed E-state index contributed by atoms with van der Waals surface area (Å²) >= 11 is 0. The number of hydrogen-bond donors (Lipinski definition) is 1. The molecule has 1 amide bonds. The van der Waals surface area contributed by atoms with Crippen molar-refractivity contribution in [1.82, 2.24) is 0 Å². The molecule has 0 radical (unpaired) electrons.